The Kier molecular flexibility index (Phi) is 6.38. The van der Waals surface area contributed by atoms with Gasteiger partial charge in [-0.15, -0.1) is 0 Å². The molecule has 0 aliphatic heterocycles. The lowest BCUT2D eigenvalue weighted by molar-refractivity contribution is -0.149. The van der Waals surface area contributed by atoms with Gasteiger partial charge in [-0.25, -0.2) is 0 Å². The van der Waals surface area contributed by atoms with Gasteiger partial charge in [0.2, 0.25) is 0 Å². The van der Waals surface area contributed by atoms with E-state index in [-0.39, 0.29) is 11.5 Å². The van der Waals surface area contributed by atoms with Gasteiger partial charge in [-0.1, -0.05) is 24.3 Å². The minimum atomic E-state index is -1.41. The van der Waals surface area contributed by atoms with E-state index in [2.05, 4.69) is 0 Å². The first kappa shape index (κ1) is 19.5. The van der Waals surface area contributed by atoms with E-state index in [1.807, 2.05) is 30.3 Å². The maximum atomic E-state index is 12.1. The molecular formula is C20H22O6. The molecule has 0 aliphatic rings. The predicted octanol–water partition coefficient (Wildman–Crippen LogP) is 2.47. The fourth-order valence-electron chi connectivity index (χ4n) is 2.08. The summed E-state index contributed by atoms with van der Waals surface area (Å²) >= 11 is 0. The summed E-state index contributed by atoms with van der Waals surface area (Å²) in [7, 11) is 1.60. The summed E-state index contributed by atoms with van der Waals surface area (Å²) in [5.41, 5.74) is 0.143. The summed E-state index contributed by atoms with van der Waals surface area (Å²) in [6, 6.07) is 11.8. The van der Waals surface area contributed by atoms with Crippen LogP contribution >= 0.6 is 0 Å². The molecule has 0 spiro atoms. The van der Waals surface area contributed by atoms with Crippen molar-refractivity contribution in [3.8, 4) is 17.2 Å². The summed E-state index contributed by atoms with van der Waals surface area (Å²) in [5.74, 6) is 0.0274. The van der Waals surface area contributed by atoms with Crippen molar-refractivity contribution in [1.82, 2.24) is 0 Å². The highest BCUT2D eigenvalue weighted by molar-refractivity contribution is 5.80. The van der Waals surface area contributed by atoms with Crippen LogP contribution < -0.4 is 9.47 Å². The zero-order valence-corrected chi connectivity index (χ0v) is 14.7. The lowest BCUT2D eigenvalue weighted by Crippen LogP contribution is -2.38. The van der Waals surface area contributed by atoms with Gasteiger partial charge in [-0.3, -0.25) is 4.79 Å². The van der Waals surface area contributed by atoms with Gasteiger partial charge >= 0.3 is 5.97 Å². The van der Waals surface area contributed by atoms with Crippen LogP contribution in [0.2, 0.25) is 0 Å². The Morgan fingerprint density at radius 1 is 1.00 bits per heavy atom. The Bertz CT molecular complexity index is 775. The molecule has 0 fully saturated rings. The first-order valence-electron chi connectivity index (χ1n) is 8.00. The lowest BCUT2D eigenvalue weighted by atomic mass is 9.93. The minimum Gasteiger partial charge on any atom is -0.508 e. The van der Waals surface area contributed by atoms with Gasteiger partial charge in [-0.05, 0) is 42.3 Å². The minimum absolute atomic E-state index is 0.0700. The number of phenolic OH excluding ortho intramolecular Hbond substituents is 1. The zero-order chi connectivity index (χ0) is 19.2. The highest BCUT2D eigenvalue weighted by Crippen LogP contribution is 2.26. The number of carbonyl (C=O) groups is 1. The molecule has 0 aromatic heterocycles. The molecular weight excluding hydrogens is 336 g/mol. The van der Waals surface area contributed by atoms with Gasteiger partial charge < -0.3 is 24.8 Å². The number of hydrogen-bond donors (Lipinski definition) is 3. The quantitative estimate of drug-likeness (QED) is 0.400. The van der Waals surface area contributed by atoms with Crippen molar-refractivity contribution in [2.24, 2.45) is 5.41 Å². The number of carbonyl (C=O) groups excluding carboxylic acids is 1. The third-order valence-corrected chi connectivity index (χ3v) is 3.90. The van der Waals surface area contributed by atoms with Crippen LogP contribution in [0.4, 0.5) is 0 Å². The molecule has 3 N–H and O–H groups in total. The Balaban J connectivity index is 2.18. The average Bonchev–Trinajstić information content (AvgIpc) is 2.65. The standard InChI is InChI=1S/C20H22O6/c1-20(12-21,13-22)19(24)26-18-10-15(9-16(23)11-18)4-3-14-5-7-17(25-2)8-6-14/h3-11,21-23H,12-13H2,1-2H3/b4-3+. The van der Waals surface area contributed by atoms with Gasteiger partial charge in [0.15, 0.2) is 0 Å². The lowest BCUT2D eigenvalue weighted by Gasteiger charge is -2.22. The van der Waals surface area contributed by atoms with Gasteiger partial charge in [-0.2, -0.15) is 0 Å². The summed E-state index contributed by atoms with van der Waals surface area (Å²) in [6.45, 7) is 0.291. The first-order chi connectivity index (χ1) is 12.4. The number of aromatic hydroxyl groups is 1. The smallest absolute Gasteiger partial charge is 0.321 e. The third-order valence-electron chi connectivity index (χ3n) is 3.90. The van der Waals surface area contributed by atoms with Crippen LogP contribution in [0.5, 0.6) is 17.2 Å². The van der Waals surface area contributed by atoms with Gasteiger partial charge in [0.25, 0.3) is 0 Å². The zero-order valence-electron chi connectivity index (χ0n) is 14.7. The van der Waals surface area contributed by atoms with Crippen LogP contribution in [0.1, 0.15) is 18.1 Å². The predicted molar refractivity (Wildman–Crippen MR) is 97.9 cm³/mol. The Labute approximate surface area is 151 Å². The normalized spacial score (nSPS) is 11.5. The summed E-state index contributed by atoms with van der Waals surface area (Å²) in [6.07, 6.45) is 3.60. The second-order valence-corrected chi connectivity index (χ2v) is 6.13. The largest absolute Gasteiger partial charge is 0.508 e. The van der Waals surface area contributed by atoms with Crippen molar-refractivity contribution in [2.75, 3.05) is 20.3 Å². The molecule has 0 amide bonds. The molecule has 0 heterocycles. The number of methoxy groups -OCH3 is 1. The van der Waals surface area contributed by atoms with Crippen molar-refractivity contribution in [2.45, 2.75) is 6.92 Å². The topological polar surface area (TPSA) is 96.2 Å². The van der Waals surface area contributed by atoms with Crippen molar-refractivity contribution < 1.29 is 29.6 Å². The molecule has 2 aromatic rings. The molecule has 6 heteroatoms. The van der Waals surface area contributed by atoms with E-state index in [0.29, 0.717) is 5.56 Å². The van der Waals surface area contributed by atoms with Crippen molar-refractivity contribution in [3.05, 3.63) is 53.6 Å². The first-order valence-corrected chi connectivity index (χ1v) is 8.00. The third kappa shape index (κ3) is 4.84. The molecule has 0 radical (unpaired) electrons. The Morgan fingerprint density at radius 2 is 1.62 bits per heavy atom. The van der Waals surface area contributed by atoms with E-state index in [0.717, 1.165) is 11.3 Å². The summed E-state index contributed by atoms with van der Waals surface area (Å²) < 4.78 is 10.3. The Morgan fingerprint density at radius 3 is 2.19 bits per heavy atom. The number of esters is 1. The fraction of sp³-hybridized carbons (Fsp3) is 0.250. The van der Waals surface area contributed by atoms with Crippen LogP contribution in [0.25, 0.3) is 12.2 Å². The van der Waals surface area contributed by atoms with E-state index in [1.54, 1.807) is 19.3 Å². The van der Waals surface area contributed by atoms with Crippen LogP contribution in [0.3, 0.4) is 0 Å². The molecule has 0 saturated heterocycles. The second-order valence-electron chi connectivity index (χ2n) is 6.13. The van der Waals surface area contributed by atoms with Crippen LogP contribution in [0, 0.1) is 5.41 Å². The molecule has 138 valence electrons. The maximum absolute atomic E-state index is 12.1. The molecule has 0 atom stereocenters. The number of hydrogen-bond acceptors (Lipinski definition) is 6. The molecule has 0 unspecified atom stereocenters. The van der Waals surface area contributed by atoms with Crippen LogP contribution in [0.15, 0.2) is 42.5 Å². The van der Waals surface area contributed by atoms with Crippen molar-refractivity contribution in [1.29, 1.82) is 0 Å². The van der Waals surface area contributed by atoms with E-state index >= 15 is 0 Å². The number of rotatable bonds is 7. The molecule has 2 rings (SSSR count). The fourth-order valence-corrected chi connectivity index (χ4v) is 2.08. The molecule has 0 saturated carbocycles. The monoisotopic (exact) mass is 358 g/mol. The second kappa shape index (κ2) is 8.51. The van der Waals surface area contributed by atoms with E-state index in [9.17, 15) is 20.1 Å². The SMILES string of the molecule is COc1ccc(/C=C/c2cc(O)cc(OC(=O)C(C)(CO)CO)c2)cc1. The van der Waals surface area contributed by atoms with Crippen molar-refractivity contribution >= 4 is 18.1 Å². The molecule has 0 aliphatic carbocycles. The summed E-state index contributed by atoms with van der Waals surface area (Å²) in [5, 5.41) is 28.4. The molecule has 2 aromatic carbocycles. The van der Waals surface area contributed by atoms with Crippen molar-refractivity contribution in [3.63, 3.8) is 0 Å². The van der Waals surface area contributed by atoms with Gasteiger partial charge in [0.1, 0.15) is 22.7 Å². The van der Waals surface area contributed by atoms with Crippen LogP contribution in [-0.2, 0) is 4.79 Å². The molecule has 0 bridgehead atoms. The van der Waals surface area contributed by atoms with E-state index < -0.39 is 24.6 Å². The van der Waals surface area contributed by atoms with E-state index in [4.69, 9.17) is 9.47 Å². The number of phenols is 1. The molecule has 6 nitrogen and oxygen atoms in total. The number of ether oxygens (including phenoxy) is 2. The van der Waals surface area contributed by atoms with Crippen LogP contribution in [-0.4, -0.2) is 41.6 Å². The van der Waals surface area contributed by atoms with E-state index in [1.165, 1.54) is 19.1 Å². The van der Waals surface area contributed by atoms with Gasteiger partial charge in [0.05, 0.1) is 20.3 Å². The van der Waals surface area contributed by atoms with Gasteiger partial charge in [0, 0.05) is 6.07 Å². The number of aliphatic hydroxyl groups is 2. The summed E-state index contributed by atoms with van der Waals surface area (Å²) in [4.78, 5) is 12.1. The number of benzene rings is 2. The number of aliphatic hydroxyl groups excluding tert-OH is 2. The highest BCUT2D eigenvalue weighted by Gasteiger charge is 2.34. The average molecular weight is 358 g/mol. The molecule has 26 heavy (non-hydrogen) atoms. The highest BCUT2D eigenvalue weighted by atomic mass is 16.5. The Hall–Kier alpha value is -2.83. The maximum Gasteiger partial charge on any atom is 0.321 e.